The number of hydrogen-bond donors (Lipinski definition) is 0. The summed E-state index contributed by atoms with van der Waals surface area (Å²) in [5, 5.41) is 0. The molecular formula is C20H21NO3S. The Morgan fingerprint density at radius 1 is 1.16 bits per heavy atom. The van der Waals surface area contributed by atoms with Crippen LogP contribution in [0.1, 0.15) is 29.8 Å². The minimum atomic E-state index is -0.837. The number of carbonyl (C=O) groups excluding carboxylic acids is 2. The van der Waals surface area contributed by atoms with Gasteiger partial charge < -0.3 is 9.64 Å². The Labute approximate surface area is 152 Å². The predicted octanol–water partition coefficient (Wildman–Crippen LogP) is 3.93. The van der Waals surface area contributed by atoms with Crippen LogP contribution in [-0.4, -0.2) is 30.3 Å². The third kappa shape index (κ3) is 3.42. The van der Waals surface area contributed by atoms with Gasteiger partial charge in [0.1, 0.15) is 0 Å². The molecule has 0 bridgehead atoms. The zero-order valence-electron chi connectivity index (χ0n) is 14.6. The predicted molar refractivity (Wildman–Crippen MR) is 100 cm³/mol. The van der Waals surface area contributed by atoms with E-state index in [9.17, 15) is 9.59 Å². The van der Waals surface area contributed by atoms with E-state index in [0.717, 1.165) is 22.6 Å². The number of thioether (sulfide) groups is 1. The highest BCUT2D eigenvalue weighted by Gasteiger charge is 2.34. The monoisotopic (exact) mass is 355 g/mol. The van der Waals surface area contributed by atoms with Gasteiger partial charge in [0.15, 0.2) is 6.10 Å². The van der Waals surface area contributed by atoms with E-state index in [1.807, 2.05) is 49.6 Å². The average molecular weight is 355 g/mol. The highest BCUT2D eigenvalue weighted by molar-refractivity contribution is 7.98. The van der Waals surface area contributed by atoms with E-state index in [2.05, 4.69) is 0 Å². The molecule has 0 aromatic heterocycles. The molecule has 1 amide bonds. The molecule has 25 heavy (non-hydrogen) atoms. The van der Waals surface area contributed by atoms with Crippen molar-refractivity contribution in [1.82, 2.24) is 0 Å². The van der Waals surface area contributed by atoms with Gasteiger partial charge in [0.2, 0.25) is 0 Å². The highest BCUT2D eigenvalue weighted by Crippen LogP contribution is 2.32. The highest BCUT2D eigenvalue weighted by atomic mass is 32.2. The van der Waals surface area contributed by atoms with E-state index in [1.165, 1.54) is 11.8 Å². The number of esters is 1. The summed E-state index contributed by atoms with van der Waals surface area (Å²) in [6, 6.07) is 15.2. The van der Waals surface area contributed by atoms with Crippen LogP contribution in [-0.2, 0) is 16.0 Å². The van der Waals surface area contributed by atoms with Crippen LogP contribution < -0.4 is 4.90 Å². The SMILES string of the molecule is CSc1ccccc1C(=O)O[C@H](C)C(=O)N1c2ccccc2C[C@@H]1C. The van der Waals surface area contributed by atoms with E-state index in [4.69, 9.17) is 4.74 Å². The second-order valence-electron chi connectivity index (χ2n) is 6.14. The van der Waals surface area contributed by atoms with Crippen molar-refractivity contribution >= 4 is 29.3 Å². The molecule has 1 heterocycles. The fourth-order valence-electron chi connectivity index (χ4n) is 3.18. The first-order chi connectivity index (χ1) is 12.0. The summed E-state index contributed by atoms with van der Waals surface area (Å²) in [7, 11) is 0. The maximum atomic E-state index is 12.9. The quantitative estimate of drug-likeness (QED) is 0.616. The van der Waals surface area contributed by atoms with Crippen LogP contribution in [0.15, 0.2) is 53.4 Å². The molecule has 0 aliphatic carbocycles. The largest absolute Gasteiger partial charge is 0.449 e. The summed E-state index contributed by atoms with van der Waals surface area (Å²) in [6.07, 6.45) is 1.89. The minimum Gasteiger partial charge on any atom is -0.449 e. The number of para-hydroxylation sites is 1. The lowest BCUT2D eigenvalue weighted by atomic mass is 10.1. The first kappa shape index (κ1) is 17.5. The van der Waals surface area contributed by atoms with Crippen LogP contribution in [0.2, 0.25) is 0 Å². The molecule has 0 spiro atoms. The molecule has 0 unspecified atom stereocenters. The molecule has 0 fully saturated rings. The van der Waals surface area contributed by atoms with Crippen LogP contribution in [0, 0.1) is 0 Å². The zero-order valence-corrected chi connectivity index (χ0v) is 15.4. The summed E-state index contributed by atoms with van der Waals surface area (Å²) in [5.41, 5.74) is 2.55. The molecule has 2 aromatic rings. The molecule has 130 valence electrons. The number of rotatable bonds is 4. The summed E-state index contributed by atoms with van der Waals surface area (Å²) in [5.74, 6) is -0.654. The normalized spacial score (nSPS) is 17.1. The van der Waals surface area contributed by atoms with Gasteiger partial charge in [-0.1, -0.05) is 30.3 Å². The lowest BCUT2D eigenvalue weighted by Gasteiger charge is -2.26. The van der Waals surface area contributed by atoms with Crippen molar-refractivity contribution in [1.29, 1.82) is 0 Å². The van der Waals surface area contributed by atoms with Gasteiger partial charge in [-0.2, -0.15) is 0 Å². The lowest BCUT2D eigenvalue weighted by molar-refractivity contribution is -0.126. The number of benzene rings is 2. The van der Waals surface area contributed by atoms with E-state index >= 15 is 0 Å². The third-order valence-electron chi connectivity index (χ3n) is 4.40. The molecule has 3 rings (SSSR count). The number of ether oxygens (including phenoxy) is 1. The van der Waals surface area contributed by atoms with Crippen LogP contribution >= 0.6 is 11.8 Å². The standard InChI is InChI=1S/C20H21NO3S/c1-13-12-15-8-4-6-10-17(15)21(13)19(22)14(2)24-20(23)16-9-5-7-11-18(16)25-3/h4-11,13-14H,12H2,1-3H3/t13-,14+/m0/s1. The third-order valence-corrected chi connectivity index (χ3v) is 5.20. The Morgan fingerprint density at radius 2 is 1.84 bits per heavy atom. The fraction of sp³-hybridized carbons (Fsp3) is 0.300. The molecule has 2 aromatic carbocycles. The van der Waals surface area contributed by atoms with Gasteiger partial charge in [-0.15, -0.1) is 11.8 Å². The Balaban J connectivity index is 1.76. The summed E-state index contributed by atoms with van der Waals surface area (Å²) < 4.78 is 5.47. The molecule has 1 aliphatic rings. The molecule has 4 nitrogen and oxygen atoms in total. The molecule has 0 saturated heterocycles. The van der Waals surface area contributed by atoms with E-state index < -0.39 is 12.1 Å². The van der Waals surface area contributed by atoms with Crippen LogP contribution in [0.4, 0.5) is 5.69 Å². The number of nitrogens with zero attached hydrogens (tertiary/aromatic N) is 1. The molecule has 0 N–H and O–H groups in total. The van der Waals surface area contributed by atoms with Crippen molar-refractivity contribution in [2.75, 3.05) is 11.2 Å². The fourth-order valence-corrected chi connectivity index (χ4v) is 3.77. The van der Waals surface area contributed by atoms with Gasteiger partial charge in [0.05, 0.1) is 5.56 Å². The van der Waals surface area contributed by atoms with Crippen molar-refractivity contribution in [3.8, 4) is 0 Å². The van der Waals surface area contributed by atoms with Crippen molar-refractivity contribution in [3.05, 3.63) is 59.7 Å². The Kier molecular flexibility index (Phi) is 5.13. The maximum Gasteiger partial charge on any atom is 0.340 e. The molecular weight excluding hydrogens is 334 g/mol. The number of amides is 1. The Morgan fingerprint density at radius 3 is 2.60 bits per heavy atom. The van der Waals surface area contributed by atoms with Gasteiger partial charge in [-0.3, -0.25) is 4.79 Å². The van der Waals surface area contributed by atoms with Gasteiger partial charge in [-0.05, 0) is 50.3 Å². The van der Waals surface area contributed by atoms with Gasteiger partial charge >= 0.3 is 5.97 Å². The second kappa shape index (κ2) is 7.31. The molecule has 5 heteroatoms. The smallest absolute Gasteiger partial charge is 0.340 e. The number of hydrogen-bond acceptors (Lipinski definition) is 4. The first-order valence-electron chi connectivity index (χ1n) is 8.28. The van der Waals surface area contributed by atoms with Crippen LogP contribution in [0.3, 0.4) is 0 Å². The Bertz CT molecular complexity index is 805. The van der Waals surface area contributed by atoms with Gasteiger partial charge in [0.25, 0.3) is 5.91 Å². The van der Waals surface area contributed by atoms with Crippen LogP contribution in [0.5, 0.6) is 0 Å². The summed E-state index contributed by atoms with van der Waals surface area (Å²) in [4.78, 5) is 27.9. The number of fused-ring (bicyclic) bond motifs is 1. The van der Waals surface area contributed by atoms with E-state index in [0.29, 0.717) is 5.56 Å². The van der Waals surface area contributed by atoms with E-state index in [-0.39, 0.29) is 11.9 Å². The minimum absolute atomic E-state index is 0.0598. The zero-order chi connectivity index (χ0) is 18.0. The molecule has 1 aliphatic heterocycles. The van der Waals surface area contributed by atoms with Crippen molar-refractivity contribution < 1.29 is 14.3 Å². The molecule has 0 saturated carbocycles. The summed E-state index contributed by atoms with van der Waals surface area (Å²) >= 11 is 1.48. The first-order valence-corrected chi connectivity index (χ1v) is 9.50. The van der Waals surface area contributed by atoms with Crippen molar-refractivity contribution in [2.45, 2.75) is 37.3 Å². The number of carbonyl (C=O) groups is 2. The number of anilines is 1. The van der Waals surface area contributed by atoms with E-state index in [1.54, 1.807) is 24.0 Å². The topological polar surface area (TPSA) is 46.6 Å². The lowest BCUT2D eigenvalue weighted by Crippen LogP contribution is -2.43. The van der Waals surface area contributed by atoms with Gasteiger partial charge in [0, 0.05) is 16.6 Å². The van der Waals surface area contributed by atoms with Crippen LogP contribution in [0.25, 0.3) is 0 Å². The van der Waals surface area contributed by atoms with Crippen molar-refractivity contribution in [2.24, 2.45) is 0 Å². The van der Waals surface area contributed by atoms with Crippen molar-refractivity contribution in [3.63, 3.8) is 0 Å². The Hall–Kier alpha value is -2.27. The average Bonchev–Trinajstić information content (AvgIpc) is 2.96. The molecule has 0 radical (unpaired) electrons. The molecule has 2 atom stereocenters. The maximum absolute atomic E-state index is 12.9. The summed E-state index contributed by atoms with van der Waals surface area (Å²) in [6.45, 7) is 3.64. The second-order valence-corrected chi connectivity index (χ2v) is 6.99. The van der Waals surface area contributed by atoms with Gasteiger partial charge in [-0.25, -0.2) is 4.79 Å².